The van der Waals surface area contributed by atoms with Crippen LogP contribution < -0.4 is 5.32 Å². The second-order valence-corrected chi connectivity index (χ2v) is 3.28. The maximum Gasteiger partial charge on any atom is 0.124 e. The summed E-state index contributed by atoms with van der Waals surface area (Å²) in [5.74, 6) is 0.264. The highest BCUT2D eigenvalue weighted by Gasteiger charge is 1.99. The Bertz CT molecular complexity index is 305. The number of hydrogen-bond acceptors (Lipinski definition) is 2. The predicted molar refractivity (Wildman–Crippen MR) is 57.0 cm³/mol. The van der Waals surface area contributed by atoms with E-state index in [1.54, 1.807) is 12.1 Å². The molecule has 0 unspecified atom stereocenters. The average molecular weight is 177 g/mol. The Morgan fingerprint density at radius 2 is 2.15 bits per heavy atom. The molecule has 0 heterocycles. The minimum atomic E-state index is 0.264. The maximum atomic E-state index is 9.49. The summed E-state index contributed by atoms with van der Waals surface area (Å²) in [5, 5.41) is 12.7. The van der Waals surface area contributed by atoms with Crippen molar-refractivity contribution in [3.05, 3.63) is 30.3 Å². The smallest absolute Gasteiger partial charge is 0.124 e. The highest BCUT2D eigenvalue weighted by Crippen LogP contribution is 2.22. The SMILES string of the molecule is C=Cc1ccc(NC(C)C)cc1O. The summed E-state index contributed by atoms with van der Waals surface area (Å²) in [6.07, 6.45) is 1.63. The first-order valence-corrected chi connectivity index (χ1v) is 4.35. The molecule has 0 amide bonds. The van der Waals surface area contributed by atoms with E-state index in [1.807, 2.05) is 12.1 Å². The highest BCUT2D eigenvalue weighted by molar-refractivity contribution is 5.61. The molecule has 0 aliphatic rings. The molecule has 0 atom stereocenters. The summed E-state index contributed by atoms with van der Waals surface area (Å²) in [5.41, 5.74) is 1.69. The van der Waals surface area contributed by atoms with E-state index in [-0.39, 0.29) is 5.75 Å². The molecule has 70 valence electrons. The molecule has 2 nitrogen and oxygen atoms in total. The van der Waals surface area contributed by atoms with E-state index >= 15 is 0 Å². The van der Waals surface area contributed by atoms with Crippen LogP contribution in [0.5, 0.6) is 5.75 Å². The van der Waals surface area contributed by atoms with Crippen molar-refractivity contribution < 1.29 is 5.11 Å². The van der Waals surface area contributed by atoms with Crippen molar-refractivity contribution in [2.45, 2.75) is 19.9 Å². The van der Waals surface area contributed by atoms with Crippen LogP contribution in [-0.4, -0.2) is 11.1 Å². The molecule has 0 aliphatic heterocycles. The maximum absolute atomic E-state index is 9.49. The number of nitrogens with one attached hydrogen (secondary N) is 1. The second-order valence-electron chi connectivity index (χ2n) is 3.28. The minimum Gasteiger partial charge on any atom is -0.507 e. The lowest BCUT2D eigenvalue weighted by Crippen LogP contribution is -2.09. The van der Waals surface area contributed by atoms with Crippen LogP contribution in [0.15, 0.2) is 24.8 Å². The Morgan fingerprint density at radius 3 is 2.62 bits per heavy atom. The third kappa shape index (κ3) is 2.51. The van der Waals surface area contributed by atoms with E-state index in [9.17, 15) is 5.11 Å². The number of rotatable bonds is 3. The summed E-state index contributed by atoms with van der Waals surface area (Å²) in [4.78, 5) is 0. The molecule has 1 aromatic carbocycles. The quantitative estimate of drug-likeness (QED) is 0.744. The van der Waals surface area contributed by atoms with E-state index in [0.29, 0.717) is 6.04 Å². The summed E-state index contributed by atoms with van der Waals surface area (Å²) in [7, 11) is 0. The van der Waals surface area contributed by atoms with Gasteiger partial charge in [-0.1, -0.05) is 12.7 Å². The number of hydrogen-bond donors (Lipinski definition) is 2. The fourth-order valence-electron chi connectivity index (χ4n) is 1.14. The molecule has 1 aromatic rings. The van der Waals surface area contributed by atoms with Crippen molar-refractivity contribution in [2.24, 2.45) is 0 Å². The lowest BCUT2D eigenvalue weighted by molar-refractivity contribution is 0.474. The van der Waals surface area contributed by atoms with Crippen LogP contribution in [0.3, 0.4) is 0 Å². The molecular formula is C11H15NO. The first kappa shape index (κ1) is 9.65. The van der Waals surface area contributed by atoms with Gasteiger partial charge in [0.25, 0.3) is 0 Å². The zero-order chi connectivity index (χ0) is 9.84. The van der Waals surface area contributed by atoms with Crippen molar-refractivity contribution in [2.75, 3.05) is 5.32 Å². The van der Waals surface area contributed by atoms with Crippen LogP contribution in [0, 0.1) is 0 Å². The third-order valence-electron chi connectivity index (χ3n) is 1.71. The van der Waals surface area contributed by atoms with E-state index in [2.05, 4.69) is 25.7 Å². The lowest BCUT2D eigenvalue weighted by atomic mass is 10.1. The van der Waals surface area contributed by atoms with Crippen molar-refractivity contribution >= 4 is 11.8 Å². The fraction of sp³-hybridized carbons (Fsp3) is 0.273. The summed E-state index contributed by atoms with van der Waals surface area (Å²) >= 11 is 0. The van der Waals surface area contributed by atoms with Gasteiger partial charge in [0.15, 0.2) is 0 Å². The monoisotopic (exact) mass is 177 g/mol. The van der Waals surface area contributed by atoms with Gasteiger partial charge in [-0.25, -0.2) is 0 Å². The van der Waals surface area contributed by atoms with E-state index in [0.717, 1.165) is 11.3 Å². The highest BCUT2D eigenvalue weighted by atomic mass is 16.3. The molecule has 2 N–H and O–H groups in total. The van der Waals surface area contributed by atoms with Gasteiger partial charge in [-0.3, -0.25) is 0 Å². The standard InChI is InChI=1S/C11H15NO/c1-4-9-5-6-10(7-11(9)13)12-8(2)3/h4-8,12-13H,1H2,2-3H3. The normalized spacial score (nSPS) is 10.1. The molecule has 0 radical (unpaired) electrons. The van der Waals surface area contributed by atoms with Gasteiger partial charge in [0.05, 0.1) is 0 Å². The first-order valence-electron chi connectivity index (χ1n) is 4.35. The second kappa shape index (κ2) is 3.99. The molecule has 13 heavy (non-hydrogen) atoms. The summed E-state index contributed by atoms with van der Waals surface area (Å²) < 4.78 is 0. The van der Waals surface area contributed by atoms with Gasteiger partial charge < -0.3 is 10.4 Å². The van der Waals surface area contributed by atoms with Crippen molar-refractivity contribution in [3.63, 3.8) is 0 Å². The number of aromatic hydroxyl groups is 1. The molecule has 0 bridgehead atoms. The van der Waals surface area contributed by atoms with Gasteiger partial charge in [0.2, 0.25) is 0 Å². The molecule has 2 heteroatoms. The minimum absolute atomic E-state index is 0.264. The van der Waals surface area contributed by atoms with Crippen LogP contribution in [0.4, 0.5) is 5.69 Å². The Labute approximate surface area is 78.9 Å². The molecule has 1 rings (SSSR count). The molecule has 0 spiro atoms. The number of phenols is 1. The third-order valence-corrected chi connectivity index (χ3v) is 1.71. The molecule has 0 fully saturated rings. The van der Waals surface area contributed by atoms with Gasteiger partial charge >= 0.3 is 0 Å². The van der Waals surface area contributed by atoms with Crippen molar-refractivity contribution in [1.29, 1.82) is 0 Å². The Balaban J connectivity index is 2.89. The first-order chi connectivity index (χ1) is 6.13. The summed E-state index contributed by atoms with van der Waals surface area (Å²) in [6, 6.07) is 5.84. The molecular weight excluding hydrogens is 162 g/mol. The lowest BCUT2D eigenvalue weighted by Gasteiger charge is -2.10. The molecule has 0 saturated heterocycles. The van der Waals surface area contributed by atoms with Crippen molar-refractivity contribution in [3.8, 4) is 5.75 Å². The van der Waals surface area contributed by atoms with Gasteiger partial charge in [0, 0.05) is 23.4 Å². The topological polar surface area (TPSA) is 32.3 Å². The van der Waals surface area contributed by atoms with Crippen LogP contribution >= 0.6 is 0 Å². The van der Waals surface area contributed by atoms with Gasteiger partial charge in [-0.15, -0.1) is 0 Å². The number of anilines is 1. The number of benzene rings is 1. The van der Waals surface area contributed by atoms with Crippen LogP contribution in [0.2, 0.25) is 0 Å². The zero-order valence-corrected chi connectivity index (χ0v) is 8.04. The Morgan fingerprint density at radius 1 is 1.46 bits per heavy atom. The van der Waals surface area contributed by atoms with Crippen LogP contribution in [0.25, 0.3) is 6.08 Å². The van der Waals surface area contributed by atoms with Gasteiger partial charge in [0.1, 0.15) is 5.75 Å². The Hall–Kier alpha value is -1.44. The summed E-state index contributed by atoms with van der Waals surface area (Å²) in [6.45, 7) is 7.71. The van der Waals surface area contributed by atoms with E-state index < -0.39 is 0 Å². The van der Waals surface area contributed by atoms with Gasteiger partial charge in [-0.2, -0.15) is 0 Å². The Kier molecular flexibility index (Phi) is 2.96. The van der Waals surface area contributed by atoms with Crippen LogP contribution in [0.1, 0.15) is 19.4 Å². The fourth-order valence-corrected chi connectivity index (χ4v) is 1.14. The molecule has 0 saturated carbocycles. The zero-order valence-electron chi connectivity index (χ0n) is 8.04. The van der Waals surface area contributed by atoms with E-state index in [1.165, 1.54) is 0 Å². The largest absolute Gasteiger partial charge is 0.507 e. The number of phenolic OH excluding ortho intramolecular Hbond substituents is 1. The van der Waals surface area contributed by atoms with Crippen molar-refractivity contribution in [1.82, 2.24) is 0 Å². The molecule has 0 aromatic heterocycles. The van der Waals surface area contributed by atoms with E-state index in [4.69, 9.17) is 0 Å². The van der Waals surface area contributed by atoms with Gasteiger partial charge in [-0.05, 0) is 26.0 Å². The molecule has 0 aliphatic carbocycles. The predicted octanol–water partition coefficient (Wildman–Crippen LogP) is 2.86. The average Bonchev–Trinajstić information content (AvgIpc) is 2.03. The van der Waals surface area contributed by atoms with Crippen LogP contribution in [-0.2, 0) is 0 Å².